The molecule has 1 aliphatic heterocycles. The molecule has 1 aliphatic rings. The van der Waals surface area contributed by atoms with Crippen molar-refractivity contribution in [3.8, 4) is 0 Å². The Morgan fingerprint density at radius 1 is 1.10 bits per heavy atom. The van der Waals surface area contributed by atoms with Crippen LogP contribution in [0.4, 0.5) is 38.0 Å². The summed E-state index contributed by atoms with van der Waals surface area (Å²) in [4.78, 5) is 22.8. The molecular formula is C29H38FN6O3P. The third kappa shape index (κ3) is 7.72. The third-order valence-electron chi connectivity index (χ3n) is 6.49. The molecule has 11 heteroatoms. The molecule has 0 atom stereocenters. The van der Waals surface area contributed by atoms with Gasteiger partial charge < -0.3 is 30.2 Å². The van der Waals surface area contributed by atoms with Crippen LogP contribution in [-0.4, -0.2) is 54.1 Å². The summed E-state index contributed by atoms with van der Waals surface area (Å²) < 4.78 is 32.7. The number of piperidine rings is 1. The Balaban J connectivity index is 1.40. The first kappa shape index (κ1) is 29.3. The van der Waals surface area contributed by atoms with Crippen molar-refractivity contribution in [3.63, 3.8) is 0 Å². The van der Waals surface area contributed by atoms with Gasteiger partial charge in [-0.25, -0.2) is 14.2 Å². The fourth-order valence-electron chi connectivity index (χ4n) is 4.65. The van der Waals surface area contributed by atoms with Gasteiger partial charge in [-0.15, -0.1) is 0 Å². The number of nitrogens with one attached hydrogen (secondary N) is 3. The summed E-state index contributed by atoms with van der Waals surface area (Å²) >= 11 is 0. The van der Waals surface area contributed by atoms with E-state index in [2.05, 4.69) is 30.8 Å². The number of aromatic nitrogens is 2. The lowest BCUT2D eigenvalue weighted by atomic mass is 10.0. The van der Waals surface area contributed by atoms with E-state index in [1.54, 1.807) is 37.6 Å². The molecule has 1 fully saturated rings. The lowest BCUT2D eigenvalue weighted by Crippen LogP contribution is -2.46. The quantitative estimate of drug-likeness (QED) is 0.291. The molecule has 3 N–H and O–H groups in total. The number of anilines is 5. The van der Waals surface area contributed by atoms with E-state index >= 15 is 0 Å². The molecule has 2 aromatic carbocycles. The van der Waals surface area contributed by atoms with E-state index in [0.717, 1.165) is 49.1 Å². The molecule has 2 heterocycles. The first-order chi connectivity index (χ1) is 18.8. The summed E-state index contributed by atoms with van der Waals surface area (Å²) in [7, 11) is -2.59. The van der Waals surface area contributed by atoms with E-state index in [1.165, 1.54) is 0 Å². The van der Waals surface area contributed by atoms with Crippen molar-refractivity contribution < 1.29 is 18.5 Å². The number of ether oxygens (including phenoxy) is 1. The average Bonchev–Trinajstić information content (AvgIpc) is 2.85. The number of alkyl carbamates (subject to hydrolysis) is 1. The molecule has 1 aromatic heterocycles. The van der Waals surface area contributed by atoms with Crippen molar-refractivity contribution in [1.82, 2.24) is 15.3 Å². The Morgan fingerprint density at radius 2 is 1.80 bits per heavy atom. The van der Waals surface area contributed by atoms with Gasteiger partial charge in [0.1, 0.15) is 12.7 Å². The van der Waals surface area contributed by atoms with Crippen molar-refractivity contribution in [2.75, 3.05) is 42.0 Å². The molecule has 0 saturated carbocycles. The number of aryl methyl sites for hydroxylation is 1. The second-order valence-corrected chi connectivity index (χ2v) is 14.6. The molecule has 0 unspecified atom stereocenters. The minimum Gasteiger partial charge on any atom is -0.444 e. The number of amides is 1. The minimum absolute atomic E-state index is 0.00500. The number of carbonyl (C=O) groups is 1. The lowest BCUT2D eigenvalue weighted by molar-refractivity contribution is 0.0497. The van der Waals surface area contributed by atoms with E-state index in [1.807, 2.05) is 45.9 Å². The summed E-state index contributed by atoms with van der Waals surface area (Å²) in [6.45, 7) is 12.6. The molecule has 40 heavy (non-hydrogen) atoms. The zero-order valence-corrected chi connectivity index (χ0v) is 24.8. The zero-order chi connectivity index (χ0) is 29.1. The standard InChI is InChI=1S/C29H38FN6O3P/c1-19-17-21(11-12-24(19)36-15-13-20(14-16-36)33-28(37)39-29(2,3)4)32-27-31-18-22(30)26(35-27)34-23-9-7-8-10-25(23)40(5,6)38/h7-12,17-18,20H,13-16H2,1-6H3,(H,33,37)(H2,31,32,34,35). The van der Waals surface area contributed by atoms with Crippen LogP contribution in [0.3, 0.4) is 0 Å². The Bertz CT molecular complexity index is 1410. The van der Waals surface area contributed by atoms with E-state index in [-0.39, 0.29) is 23.9 Å². The number of nitrogens with zero attached hydrogens (tertiary/aromatic N) is 3. The summed E-state index contributed by atoms with van der Waals surface area (Å²) in [5.41, 5.74) is 2.98. The van der Waals surface area contributed by atoms with Gasteiger partial charge in [0.05, 0.1) is 11.9 Å². The maximum Gasteiger partial charge on any atom is 0.407 e. The molecule has 1 saturated heterocycles. The molecule has 9 nitrogen and oxygen atoms in total. The molecule has 0 spiro atoms. The zero-order valence-electron chi connectivity index (χ0n) is 23.9. The van der Waals surface area contributed by atoms with Gasteiger partial charge in [-0.1, -0.05) is 12.1 Å². The molecule has 1 amide bonds. The summed E-state index contributed by atoms with van der Waals surface area (Å²) in [6.07, 6.45) is 2.38. The smallest absolute Gasteiger partial charge is 0.407 e. The number of para-hydroxylation sites is 1. The summed E-state index contributed by atoms with van der Waals surface area (Å²) in [6, 6.07) is 13.2. The van der Waals surface area contributed by atoms with Crippen LogP contribution in [-0.2, 0) is 9.30 Å². The van der Waals surface area contributed by atoms with Gasteiger partial charge in [0.25, 0.3) is 0 Å². The largest absolute Gasteiger partial charge is 0.444 e. The first-order valence-corrected chi connectivity index (χ1v) is 15.9. The maximum absolute atomic E-state index is 14.6. The fraction of sp³-hybridized carbons (Fsp3) is 0.414. The number of rotatable bonds is 7. The SMILES string of the molecule is Cc1cc(Nc2ncc(F)c(Nc3ccccc3P(C)(C)=O)n2)ccc1N1CCC(NC(=O)OC(C)(C)C)CC1. The predicted octanol–water partition coefficient (Wildman–Crippen LogP) is 6.15. The van der Waals surface area contributed by atoms with Crippen LogP contribution < -0.4 is 26.2 Å². The highest BCUT2D eigenvalue weighted by atomic mass is 31.2. The Kier molecular flexibility index (Phi) is 8.68. The number of hydrogen-bond donors (Lipinski definition) is 3. The minimum atomic E-state index is -2.59. The van der Waals surface area contributed by atoms with Crippen LogP contribution in [0, 0.1) is 12.7 Å². The molecule has 0 bridgehead atoms. The first-order valence-electron chi connectivity index (χ1n) is 13.3. The van der Waals surface area contributed by atoms with Crippen LogP contribution in [0.25, 0.3) is 0 Å². The predicted molar refractivity (Wildman–Crippen MR) is 160 cm³/mol. The van der Waals surface area contributed by atoms with Gasteiger partial charge in [0.2, 0.25) is 5.95 Å². The van der Waals surface area contributed by atoms with Gasteiger partial charge >= 0.3 is 6.09 Å². The molecule has 3 aromatic rings. The number of hydrogen-bond acceptors (Lipinski definition) is 8. The van der Waals surface area contributed by atoms with Crippen LogP contribution >= 0.6 is 7.14 Å². The lowest BCUT2D eigenvalue weighted by Gasteiger charge is -2.35. The molecular weight excluding hydrogens is 530 g/mol. The van der Waals surface area contributed by atoms with E-state index in [9.17, 15) is 13.8 Å². The number of carbonyl (C=O) groups excluding carboxylic acids is 1. The van der Waals surface area contributed by atoms with Crippen molar-refractivity contribution in [2.45, 2.75) is 52.2 Å². The molecule has 0 radical (unpaired) electrons. The average molecular weight is 569 g/mol. The number of benzene rings is 2. The molecule has 0 aliphatic carbocycles. The van der Waals surface area contributed by atoms with Crippen LogP contribution in [0.2, 0.25) is 0 Å². The van der Waals surface area contributed by atoms with Crippen molar-refractivity contribution in [1.29, 1.82) is 0 Å². The van der Waals surface area contributed by atoms with Crippen LogP contribution in [0.1, 0.15) is 39.2 Å². The summed E-state index contributed by atoms with van der Waals surface area (Å²) in [5.74, 6) is -0.383. The normalized spacial score (nSPS) is 14.5. The second-order valence-electron chi connectivity index (χ2n) is 11.4. The van der Waals surface area contributed by atoms with Crippen LogP contribution in [0.15, 0.2) is 48.7 Å². The molecule has 214 valence electrons. The van der Waals surface area contributed by atoms with Crippen molar-refractivity contribution in [2.24, 2.45) is 0 Å². The highest BCUT2D eigenvalue weighted by Crippen LogP contribution is 2.38. The van der Waals surface area contributed by atoms with Crippen molar-refractivity contribution >= 4 is 47.4 Å². The highest BCUT2D eigenvalue weighted by Gasteiger charge is 2.24. The second kappa shape index (κ2) is 11.8. The van der Waals surface area contributed by atoms with Gasteiger partial charge in [0, 0.05) is 35.8 Å². The topological polar surface area (TPSA) is 108 Å². The Morgan fingerprint density at radius 3 is 2.45 bits per heavy atom. The highest BCUT2D eigenvalue weighted by molar-refractivity contribution is 7.70. The van der Waals surface area contributed by atoms with E-state index < -0.39 is 18.6 Å². The van der Waals surface area contributed by atoms with E-state index in [4.69, 9.17) is 4.74 Å². The van der Waals surface area contributed by atoms with Crippen molar-refractivity contribution in [3.05, 3.63) is 60.0 Å². The molecule has 4 rings (SSSR count). The van der Waals surface area contributed by atoms with Gasteiger partial charge in [-0.2, -0.15) is 4.98 Å². The maximum atomic E-state index is 14.6. The third-order valence-corrected chi connectivity index (χ3v) is 8.04. The number of halogens is 1. The van der Waals surface area contributed by atoms with E-state index in [0.29, 0.717) is 11.0 Å². The summed E-state index contributed by atoms with van der Waals surface area (Å²) in [5, 5.41) is 9.74. The van der Waals surface area contributed by atoms with Gasteiger partial charge in [0.15, 0.2) is 11.6 Å². The Labute approximate surface area is 235 Å². The van der Waals surface area contributed by atoms with Crippen LogP contribution in [0.5, 0.6) is 0 Å². The monoisotopic (exact) mass is 568 g/mol. The Hall–Kier alpha value is -3.65. The fourth-order valence-corrected chi connectivity index (χ4v) is 5.80. The van der Waals surface area contributed by atoms with Gasteiger partial charge in [-0.05, 0) is 89.8 Å². The van der Waals surface area contributed by atoms with Gasteiger partial charge in [-0.3, -0.25) is 0 Å².